The van der Waals surface area contributed by atoms with Gasteiger partial charge in [0.2, 0.25) is 11.8 Å². The Balaban J connectivity index is 0.000000283. The number of amides is 2. The number of halogens is 3. The number of oxazole rings is 2. The molecule has 6 rings (SSSR count). The van der Waals surface area contributed by atoms with Crippen LogP contribution in [-0.4, -0.2) is 94.8 Å². The number of thioether (sulfide) groups is 1. The van der Waals surface area contributed by atoms with Gasteiger partial charge in [-0.1, -0.05) is 34.8 Å². The summed E-state index contributed by atoms with van der Waals surface area (Å²) in [5.41, 5.74) is 2.61. The van der Waals surface area contributed by atoms with Crippen molar-refractivity contribution in [2.45, 2.75) is 156 Å². The number of hydrogen-bond acceptors (Lipinski definition) is 15. The number of aromatic nitrogens is 2. The number of methoxy groups -OCH3 is 2. The van der Waals surface area contributed by atoms with E-state index in [-0.39, 0.29) is 29.9 Å². The molecule has 2 aliphatic carbocycles. The number of nitrogens with zero attached hydrogens (tertiary/aromatic N) is 2. The third-order valence-corrected chi connectivity index (χ3v) is 14.5. The molecule has 21 heteroatoms. The van der Waals surface area contributed by atoms with Crippen molar-refractivity contribution < 1.29 is 55.4 Å². The van der Waals surface area contributed by atoms with Crippen LogP contribution in [0.25, 0.3) is 22.9 Å². The minimum atomic E-state index is -3.46. The zero-order chi connectivity index (χ0) is 52.0. The Kier molecular flexibility index (Phi) is 21.8. The molecule has 2 aliphatic rings. The highest BCUT2D eigenvalue weighted by atomic mass is 35.6. The van der Waals surface area contributed by atoms with Gasteiger partial charge in [-0.3, -0.25) is 0 Å². The lowest BCUT2D eigenvalue weighted by molar-refractivity contribution is 0.0481. The van der Waals surface area contributed by atoms with Crippen LogP contribution >= 0.6 is 46.6 Å². The maximum Gasteiger partial charge on any atom is 0.407 e. The second kappa shape index (κ2) is 26.3. The predicted octanol–water partition coefficient (Wildman–Crippen LogP) is 11.7. The van der Waals surface area contributed by atoms with Gasteiger partial charge in [0.15, 0.2) is 14.1 Å². The standard InChI is InChI=1S/C24H32N2O7S.C24H32N2O5S.CHCl3/c1-15-20(26-21(32-15)16-6-8-17(9-7-16)22(27)31-5)14-34(29,30)19-12-10-18(11-13-19)25-23(28)33-24(2,3)4;1-15-20(26-21(30-15)16-6-8-17(9-7-16)22(27)29-5)14-32-19-12-10-18(11-13-19)25-23(28)31-24(2,3)4;2-1(3)4/h6-9,18-19H,10-14H2,1-5H3,(H,25,28);6-9,18-19H,10-14H2,1-5H3,(H,25,28);1H. The SMILES string of the molecule is COC(=O)c1ccc(-c2nc(CS(=O)(=O)C3CCC(NC(=O)OC(C)(C)C)CC3)c(C)o2)cc1.COC(=O)c1ccc(-c2nc(CSC3CCC(NC(=O)OC(C)(C)C)CC3)c(C)o2)cc1.ClC(Cl)Cl. The summed E-state index contributed by atoms with van der Waals surface area (Å²) in [6.07, 6.45) is 5.23. The Hall–Kier alpha value is -4.49. The minimum absolute atomic E-state index is 0.102. The molecule has 16 nitrogen and oxygen atoms in total. The van der Waals surface area contributed by atoms with Crippen molar-refractivity contribution in [1.82, 2.24) is 20.6 Å². The van der Waals surface area contributed by atoms with Crippen LogP contribution in [0.1, 0.15) is 137 Å². The lowest BCUT2D eigenvalue weighted by Gasteiger charge is -2.29. The predicted molar refractivity (Wildman–Crippen MR) is 272 cm³/mol. The number of ether oxygens (including phenoxy) is 4. The smallest absolute Gasteiger partial charge is 0.407 e. The number of alkyl halides is 3. The van der Waals surface area contributed by atoms with E-state index in [4.69, 9.17) is 62.6 Å². The molecule has 0 unspecified atom stereocenters. The summed E-state index contributed by atoms with van der Waals surface area (Å²) in [6.45, 7) is 14.6. The van der Waals surface area contributed by atoms with Crippen LogP contribution in [0.15, 0.2) is 57.4 Å². The molecule has 0 aliphatic heterocycles. The third kappa shape index (κ3) is 19.3. The Bertz CT molecular complexity index is 2450. The van der Waals surface area contributed by atoms with E-state index in [1.807, 2.05) is 51.6 Å². The topological polar surface area (TPSA) is 215 Å². The van der Waals surface area contributed by atoms with E-state index in [0.717, 1.165) is 48.5 Å². The minimum Gasteiger partial charge on any atom is -0.465 e. The van der Waals surface area contributed by atoms with Crippen molar-refractivity contribution in [1.29, 1.82) is 0 Å². The lowest BCUT2D eigenvalue weighted by Crippen LogP contribution is -2.42. The molecule has 386 valence electrons. The molecule has 0 saturated heterocycles. The normalized spacial score (nSPS) is 18.3. The average Bonchev–Trinajstić information content (AvgIpc) is 3.84. The number of carbonyl (C=O) groups is 4. The number of aryl methyl sites for hydroxylation is 2. The molecule has 70 heavy (non-hydrogen) atoms. The lowest BCUT2D eigenvalue weighted by atomic mass is 9.95. The summed E-state index contributed by atoms with van der Waals surface area (Å²) >= 11 is 16.3. The highest BCUT2D eigenvalue weighted by molar-refractivity contribution is 7.99. The number of esters is 2. The molecule has 2 amide bonds. The van der Waals surface area contributed by atoms with Crippen molar-refractivity contribution in [3.8, 4) is 22.9 Å². The van der Waals surface area contributed by atoms with Crippen LogP contribution in [-0.2, 0) is 40.3 Å². The molecule has 0 atom stereocenters. The van der Waals surface area contributed by atoms with Crippen LogP contribution in [0.3, 0.4) is 0 Å². The number of benzene rings is 2. The van der Waals surface area contributed by atoms with E-state index in [9.17, 15) is 27.6 Å². The Labute approximate surface area is 430 Å². The summed E-state index contributed by atoms with van der Waals surface area (Å²) < 4.78 is 57.0. The molecule has 4 aromatic rings. The van der Waals surface area contributed by atoms with E-state index in [2.05, 4.69) is 20.6 Å². The number of rotatable bonds is 12. The van der Waals surface area contributed by atoms with Gasteiger partial charge in [0, 0.05) is 34.2 Å². The zero-order valence-corrected chi connectivity index (χ0v) is 45.2. The maximum atomic E-state index is 13.1. The molecule has 2 saturated carbocycles. The maximum absolute atomic E-state index is 13.1. The van der Waals surface area contributed by atoms with Crippen LogP contribution < -0.4 is 10.6 Å². The van der Waals surface area contributed by atoms with Crippen molar-refractivity contribution >= 4 is 80.5 Å². The summed E-state index contributed by atoms with van der Waals surface area (Å²) in [7, 11) is -0.785. The van der Waals surface area contributed by atoms with E-state index in [0.29, 0.717) is 70.9 Å². The van der Waals surface area contributed by atoms with Gasteiger partial charge < -0.3 is 38.4 Å². The quantitative estimate of drug-likeness (QED) is 0.0766. The summed E-state index contributed by atoms with van der Waals surface area (Å²) in [6, 6.07) is 13.7. The fourth-order valence-electron chi connectivity index (χ4n) is 7.50. The molecule has 2 fully saturated rings. The van der Waals surface area contributed by atoms with Gasteiger partial charge in [0.25, 0.3) is 0 Å². The van der Waals surface area contributed by atoms with Crippen molar-refractivity contribution in [2.75, 3.05) is 14.2 Å². The first-order valence-electron chi connectivity index (χ1n) is 22.8. The molecule has 0 spiro atoms. The van der Waals surface area contributed by atoms with Crippen molar-refractivity contribution in [2.24, 2.45) is 0 Å². The van der Waals surface area contributed by atoms with Crippen LogP contribution in [0.5, 0.6) is 0 Å². The fourth-order valence-corrected chi connectivity index (χ4v) is 10.6. The Morgan fingerprint density at radius 2 is 1.03 bits per heavy atom. The third-order valence-electron chi connectivity index (χ3n) is 11.0. The number of sulfone groups is 1. The molecule has 2 heterocycles. The van der Waals surface area contributed by atoms with Crippen LogP contribution in [0, 0.1) is 13.8 Å². The van der Waals surface area contributed by atoms with Crippen LogP contribution in [0.2, 0.25) is 0 Å². The first-order valence-corrected chi connectivity index (χ1v) is 26.9. The van der Waals surface area contributed by atoms with Gasteiger partial charge in [-0.25, -0.2) is 37.6 Å². The number of nitrogens with one attached hydrogen (secondary N) is 2. The zero-order valence-electron chi connectivity index (χ0n) is 41.3. The van der Waals surface area contributed by atoms with E-state index >= 15 is 0 Å². The molecule has 2 aromatic heterocycles. The Morgan fingerprint density at radius 1 is 0.657 bits per heavy atom. The average molecular weight is 1070 g/mol. The first kappa shape index (κ1) is 58.1. The van der Waals surface area contributed by atoms with Gasteiger partial charge in [-0.05, 0) is 155 Å². The molecule has 0 radical (unpaired) electrons. The number of alkyl carbamates (subject to hydrolysis) is 2. The summed E-state index contributed by atoms with van der Waals surface area (Å²) in [5, 5.41) is 5.85. The first-order chi connectivity index (χ1) is 32.7. The molecule has 2 aromatic carbocycles. The molecular weight excluding hydrogens is 1010 g/mol. The van der Waals surface area contributed by atoms with Gasteiger partial charge >= 0.3 is 24.1 Å². The van der Waals surface area contributed by atoms with Crippen molar-refractivity contribution in [3.05, 3.63) is 82.6 Å². The van der Waals surface area contributed by atoms with E-state index in [1.54, 1.807) is 64.1 Å². The second-order valence-electron chi connectivity index (χ2n) is 18.8. The van der Waals surface area contributed by atoms with Crippen molar-refractivity contribution in [3.63, 3.8) is 0 Å². The van der Waals surface area contributed by atoms with Gasteiger partial charge in [-0.2, -0.15) is 11.8 Å². The molecule has 0 bridgehead atoms. The monoisotopic (exact) mass is 1070 g/mol. The van der Waals surface area contributed by atoms with Gasteiger partial charge in [-0.15, -0.1) is 0 Å². The fraction of sp³-hybridized carbons (Fsp3) is 0.551. The number of carbonyl (C=O) groups excluding carboxylic acids is 4. The summed E-state index contributed by atoms with van der Waals surface area (Å²) in [4.78, 5) is 56.2. The number of hydrogen-bond donors (Lipinski definition) is 2. The van der Waals surface area contributed by atoms with Crippen LogP contribution in [0.4, 0.5) is 9.59 Å². The highest BCUT2D eigenvalue weighted by Gasteiger charge is 2.34. The largest absolute Gasteiger partial charge is 0.465 e. The van der Waals surface area contributed by atoms with E-state index < -0.39 is 42.6 Å². The van der Waals surface area contributed by atoms with E-state index in [1.165, 1.54) is 14.2 Å². The summed E-state index contributed by atoms with van der Waals surface area (Å²) in [5.74, 6) is 1.86. The molecular formula is C49H65Cl3N4O12S2. The second-order valence-corrected chi connectivity index (χ2v) is 24.3. The van der Waals surface area contributed by atoms with Gasteiger partial charge in [0.05, 0.1) is 47.7 Å². The Morgan fingerprint density at radius 3 is 1.41 bits per heavy atom. The molecule has 2 N–H and O–H groups in total. The van der Waals surface area contributed by atoms with Gasteiger partial charge in [0.1, 0.15) is 22.7 Å². The highest BCUT2D eigenvalue weighted by Crippen LogP contribution is 2.33.